The predicted octanol–water partition coefficient (Wildman–Crippen LogP) is 3.28. The summed E-state index contributed by atoms with van der Waals surface area (Å²) in [7, 11) is 1.53. The summed E-state index contributed by atoms with van der Waals surface area (Å²) in [4.78, 5) is 35.8. The van der Waals surface area contributed by atoms with Gasteiger partial charge in [0.2, 0.25) is 5.91 Å². The fourth-order valence-electron chi connectivity index (χ4n) is 2.69. The molecule has 0 saturated heterocycles. The molecule has 2 aromatic rings. The number of hydrogen-bond acceptors (Lipinski definition) is 3. The van der Waals surface area contributed by atoms with Crippen LogP contribution in [-0.4, -0.2) is 24.9 Å². The number of carbonyl (C=O) groups excluding carboxylic acids is 3. The van der Waals surface area contributed by atoms with Crippen LogP contribution in [0.5, 0.6) is 0 Å². The number of nitrogens with one attached hydrogen (secondary N) is 4. The second-order valence-corrected chi connectivity index (χ2v) is 6.63. The molecular formula is C20H22N4O3. The Balaban J connectivity index is 1.61. The van der Waals surface area contributed by atoms with Crippen molar-refractivity contribution in [3.63, 3.8) is 0 Å². The normalized spacial score (nSPS) is 17.6. The van der Waals surface area contributed by atoms with Gasteiger partial charge in [0.15, 0.2) is 0 Å². The summed E-state index contributed by atoms with van der Waals surface area (Å²) in [6, 6.07) is 13.3. The maximum absolute atomic E-state index is 12.5. The van der Waals surface area contributed by atoms with Crippen molar-refractivity contribution in [1.82, 2.24) is 5.32 Å². The molecule has 2 unspecified atom stereocenters. The van der Waals surface area contributed by atoms with E-state index in [2.05, 4.69) is 21.3 Å². The van der Waals surface area contributed by atoms with Gasteiger partial charge < -0.3 is 21.3 Å². The molecule has 27 heavy (non-hydrogen) atoms. The van der Waals surface area contributed by atoms with Crippen LogP contribution >= 0.6 is 0 Å². The quantitative estimate of drug-likeness (QED) is 0.653. The summed E-state index contributed by atoms with van der Waals surface area (Å²) >= 11 is 0. The minimum absolute atomic E-state index is 0.000682. The molecule has 1 aliphatic rings. The van der Waals surface area contributed by atoms with Gasteiger partial charge >= 0.3 is 6.03 Å². The lowest BCUT2D eigenvalue weighted by Gasteiger charge is -2.09. The highest BCUT2D eigenvalue weighted by atomic mass is 16.2. The fourth-order valence-corrected chi connectivity index (χ4v) is 2.69. The summed E-state index contributed by atoms with van der Waals surface area (Å²) in [5.74, 6) is 0.221. The van der Waals surface area contributed by atoms with Crippen molar-refractivity contribution >= 4 is 34.9 Å². The van der Waals surface area contributed by atoms with Crippen LogP contribution in [0.15, 0.2) is 48.5 Å². The molecule has 0 aliphatic heterocycles. The molecule has 3 rings (SSSR count). The minimum Gasteiger partial charge on any atom is -0.341 e. The predicted molar refractivity (Wildman–Crippen MR) is 105 cm³/mol. The van der Waals surface area contributed by atoms with E-state index in [1.54, 1.807) is 48.5 Å². The molecule has 2 atom stereocenters. The zero-order valence-electron chi connectivity index (χ0n) is 15.2. The zero-order chi connectivity index (χ0) is 19.4. The van der Waals surface area contributed by atoms with Crippen molar-refractivity contribution in [3.8, 4) is 0 Å². The Morgan fingerprint density at radius 3 is 2.11 bits per heavy atom. The Labute approximate surface area is 157 Å². The van der Waals surface area contributed by atoms with E-state index < -0.39 is 0 Å². The SMILES string of the molecule is CNC(=O)Nc1ccc(NC(=O)c2cccc(NC(=O)C3CC3C)c2)cc1. The van der Waals surface area contributed by atoms with Crippen molar-refractivity contribution < 1.29 is 14.4 Å². The number of benzene rings is 2. The third kappa shape index (κ3) is 4.84. The Kier molecular flexibility index (Phi) is 5.40. The van der Waals surface area contributed by atoms with E-state index in [4.69, 9.17) is 0 Å². The highest BCUT2D eigenvalue weighted by Gasteiger charge is 2.39. The second-order valence-electron chi connectivity index (χ2n) is 6.63. The molecule has 0 aromatic heterocycles. The molecule has 4 amide bonds. The lowest BCUT2D eigenvalue weighted by atomic mass is 10.1. The molecule has 140 valence electrons. The minimum atomic E-state index is -0.314. The number of urea groups is 1. The largest absolute Gasteiger partial charge is 0.341 e. The first-order valence-electron chi connectivity index (χ1n) is 8.77. The monoisotopic (exact) mass is 366 g/mol. The molecule has 2 aromatic carbocycles. The lowest BCUT2D eigenvalue weighted by Crippen LogP contribution is -2.24. The van der Waals surface area contributed by atoms with E-state index in [-0.39, 0.29) is 23.8 Å². The van der Waals surface area contributed by atoms with Gasteiger partial charge in [0.1, 0.15) is 0 Å². The van der Waals surface area contributed by atoms with E-state index in [0.29, 0.717) is 28.5 Å². The van der Waals surface area contributed by atoms with Crippen LogP contribution in [0.2, 0.25) is 0 Å². The molecule has 1 saturated carbocycles. The van der Waals surface area contributed by atoms with Crippen molar-refractivity contribution in [2.75, 3.05) is 23.0 Å². The van der Waals surface area contributed by atoms with Gasteiger partial charge in [-0.25, -0.2) is 4.79 Å². The first-order valence-corrected chi connectivity index (χ1v) is 8.77. The van der Waals surface area contributed by atoms with Crippen LogP contribution < -0.4 is 21.3 Å². The number of carbonyl (C=O) groups is 3. The number of hydrogen-bond donors (Lipinski definition) is 4. The van der Waals surface area contributed by atoms with Crippen LogP contribution in [0.4, 0.5) is 21.9 Å². The van der Waals surface area contributed by atoms with Gasteiger partial charge in [0.05, 0.1) is 0 Å². The number of rotatable bonds is 5. The maximum Gasteiger partial charge on any atom is 0.318 e. The first-order chi connectivity index (χ1) is 13.0. The Morgan fingerprint density at radius 1 is 0.889 bits per heavy atom. The van der Waals surface area contributed by atoms with Crippen LogP contribution in [0.1, 0.15) is 23.7 Å². The van der Waals surface area contributed by atoms with Gasteiger partial charge in [0.25, 0.3) is 5.91 Å². The van der Waals surface area contributed by atoms with Crippen molar-refractivity contribution in [3.05, 3.63) is 54.1 Å². The smallest absolute Gasteiger partial charge is 0.318 e. The van der Waals surface area contributed by atoms with Gasteiger partial charge in [-0.2, -0.15) is 0 Å². The van der Waals surface area contributed by atoms with Crippen LogP contribution in [0, 0.1) is 11.8 Å². The molecule has 4 N–H and O–H groups in total. The average molecular weight is 366 g/mol. The Bertz CT molecular complexity index is 864. The van der Waals surface area contributed by atoms with Crippen LogP contribution in [-0.2, 0) is 4.79 Å². The third-order valence-corrected chi connectivity index (χ3v) is 4.47. The Hall–Kier alpha value is -3.35. The van der Waals surface area contributed by atoms with Crippen molar-refractivity contribution in [1.29, 1.82) is 0 Å². The van der Waals surface area contributed by atoms with Gasteiger partial charge in [-0.05, 0) is 54.8 Å². The molecule has 1 aliphatic carbocycles. The van der Waals surface area contributed by atoms with E-state index in [9.17, 15) is 14.4 Å². The molecule has 1 fully saturated rings. The zero-order valence-corrected chi connectivity index (χ0v) is 15.2. The molecule has 0 spiro atoms. The fraction of sp³-hybridized carbons (Fsp3) is 0.250. The number of anilines is 3. The van der Waals surface area contributed by atoms with Gasteiger partial charge in [-0.3, -0.25) is 9.59 Å². The van der Waals surface area contributed by atoms with Crippen LogP contribution in [0.25, 0.3) is 0 Å². The summed E-state index contributed by atoms with van der Waals surface area (Å²) in [6.45, 7) is 2.05. The molecule has 0 bridgehead atoms. The highest BCUT2D eigenvalue weighted by Crippen LogP contribution is 2.38. The molecule has 0 heterocycles. The lowest BCUT2D eigenvalue weighted by molar-refractivity contribution is -0.117. The average Bonchev–Trinajstić information content (AvgIpc) is 3.40. The maximum atomic E-state index is 12.5. The highest BCUT2D eigenvalue weighted by molar-refractivity contribution is 6.05. The molecule has 0 radical (unpaired) electrons. The molecule has 7 nitrogen and oxygen atoms in total. The third-order valence-electron chi connectivity index (χ3n) is 4.47. The standard InChI is InChI=1S/C20H22N4O3/c1-12-10-17(12)19(26)23-16-5-3-4-13(11-16)18(25)22-14-6-8-15(9-7-14)24-20(27)21-2/h3-9,11-12,17H,10H2,1-2H3,(H,22,25)(H,23,26)(H2,21,24,27). The summed E-state index contributed by atoms with van der Waals surface area (Å²) in [5.41, 5.74) is 2.27. The topological polar surface area (TPSA) is 99.3 Å². The van der Waals surface area contributed by atoms with Gasteiger partial charge in [-0.15, -0.1) is 0 Å². The van der Waals surface area contributed by atoms with Crippen molar-refractivity contribution in [2.45, 2.75) is 13.3 Å². The van der Waals surface area contributed by atoms with E-state index in [1.807, 2.05) is 6.92 Å². The summed E-state index contributed by atoms with van der Waals surface area (Å²) in [6.07, 6.45) is 0.913. The van der Waals surface area contributed by atoms with E-state index >= 15 is 0 Å². The van der Waals surface area contributed by atoms with Crippen LogP contribution in [0.3, 0.4) is 0 Å². The molecular weight excluding hydrogens is 344 g/mol. The van der Waals surface area contributed by atoms with Crippen molar-refractivity contribution in [2.24, 2.45) is 11.8 Å². The summed E-state index contributed by atoms with van der Waals surface area (Å²) < 4.78 is 0. The van der Waals surface area contributed by atoms with E-state index in [1.165, 1.54) is 7.05 Å². The Morgan fingerprint density at radius 2 is 1.52 bits per heavy atom. The first kappa shape index (κ1) is 18.4. The summed E-state index contributed by atoms with van der Waals surface area (Å²) in [5, 5.41) is 10.8. The number of amides is 4. The van der Waals surface area contributed by atoms with Gasteiger partial charge in [0, 0.05) is 35.6 Å². The molecule has 7 heteroatoms. The van der Waals surface area contributed by atoms with E-state index in [0.717, 1.165) is 6.42 Å². The van der Waals surface area contributed by atoms with Gasteiger partial charge in [-0.1, -0.05) is 13.0 Å². The second kappa shape index (κ2) is 7.90.